The molecule has 1 aromatic heterocycles. The molecule has 17 heteroatoms. The molecule has 1 atom stereocenters. The maximum Gasteiger partial charge on any atom is 0.437 e. The van der Waals surface area contributed by atoms with Crippen molar-refractivity contribution in [3.05, 3.63) is 63.8 Å². The van der Waals surface area contributed by atoms with Gasteiger partial charge in [-0.05, 0) is 85.6 Å². The van der Waals surface area contributed by atoms with Crippen LogP contribution in [0.4, 0.5) is 9.59 Å². The third kappa shape index (κ3) is 9.92. The van der Waals surface area contributed by atoms with Gasteiger partial charge in [0.2, 0.25) is 21.9 Å². The van der Waals surface area contributed by atoms with E-state index in [9.17, 15) is 22.8 Å². The largest absolute Gasteiger partial charge is 0.487 e. The molecule has 3 amide bonds. The number of aromatic nitrogens is 1. The zero-order chi connectivity index (χ0) is 39.6. The Balaban J connectivity index is 1.30. The molecule has 3 aromatic rings. The molecule has 0 spiro atoms. The summed E-state index contributed by atoms with van der Waals surface area (Å²) in [6.07, 6.45) is -0.934. The number of piperazine rings is 1. The van der Waals surface area contributed by atoms with Gasteiger partial charge in [-0.2, -0.15) is 4.31 Å². The number of benzene rings is 2. The van der Waals surface area contributed by atoms with E-state index in [1.54, 1.807) is 57.4 Å². The Morgan fingerprint density at radius 2 is 1.57 bits per heavy atom. The highest BCUT2D eigenvalue weighted by Crippen LogP contribution is 2.37. The van der Waals surface area contributed by atoms with Crippen molar-refractivity contribution in [2.45, 2.75) is 90.1 Å². The normalized spacial score (nSPS) is 17.4. The van der Waals surface area contributed by atoms with Crippen LogP contribution in [0, 0.1) is 6.92 Å². The van der Waals surface area contributed by atoms with Gasteiger partial charge in [-0.15, -0.1) is 4.99 Å². The summed E-state index contributed by atoms with van der Waals surface area (Å²) in [6.45, 7) is 12.8. The lowest BCUT2D eigenvalue weighted by Gasteiger charge is -2.38. The second kappa shape index (κ2) is 16.3. The molecule has 2 fully saturated rings. The molecule has 2 saturated heterocycles. The molecule has 0 bridgehead atoms. The van der Waals surface area contributed by atoms with Crippen LogP contribution in [-0.2, 0) is 30.9 Å². The number of hydrogen-bond acceptors (Lipinski definition) is 9. The highest BCUT2D eigenvalue weighted by Gasteiger charge is 2.43. The van der Waals surface area contributed by atoms with Crippen LogP contribution in [0.2, 0.25) is 10.0 Å². The first-order valence-corrected chi connectivity index (χ1v) is 19.8. The van der Waals surface area contributed by atoms with Crippen molar-refractivity contribution >= 4 is 68.2 Å². The number of fused-ring (bicyclic) bond motifs is 1. The third-order valence-electron chi connectivity index (χ3n) is 8.51. The Morgan fingerprint density at radius 3 is 2.24 bits per heavy atom. The van der Waals surface area contributed by atoms with Crippen LogP contribution < -0.4 is 10.1 Å². The standard InChI is InChI=1S/C37H46Cl2N6O8S/c1-23-13-14-24-10-8-12-28(31(24)40-23)51-22-25-26(38)15-16-29(30(25)39)54(49,50)45-17-9-11-27(45)32(46)43-18-20-44(21-19-43)33(41-34(47)52-36(2,3)4)42-35(48)53-37(5,6)7/h8,10,12-16,27H,9,11,17-22H2,1-7H3,(H,41,42,47,48). The predicted octanol–water partition coefficient (Wildman–Crippen LogP) is 6.54. The summed E-state index contributed by atoms with van der Waals surface area (Å²) >= 11 is 13.3. The number of rotatable bonds is 6. The van der Waals surface area contributed by atoms with Crippen molar-refractivity contribution in [3.8, 4) is 5.75 Å². The molecule has 0 aliphatic carbocycles. The average molecular weight is 806 g/mol. The SMILES string of the molecule is Cc1ccc2cccc(OCc3c(Cl)ccc(S(=O)(=O)N4CCCC4C(=O)N4CCN(C(=NC(=O)OC(C)(C)C)NC(=O)OC(C)(C)C)CC4)c3Cl)c2n1. The summed E-state index contributed by atoms with van der Waals surface area (Å²) in [5, 5.41) is 3.55. The number of aryl methyl sites for hydroxylation is 1. The van der Waals surface area contributed by atoms with Crippen molar-refractivity contribution in [1.29, 1.82) is 0 Å². The maximum absolute atomic E-state index is 14.2. The van der Waals surface area contributed by atoms with Gasteiger partial charge in [-0.25, -0.2) is 23.0 Å². The minimum absolute atomic E-state index is 0.0836. The van der Waals surface area contributed by atoms with E-state index in [1.165, 1.54) is 16.4 Å². The fourth-order valence-corrected chi connectivity index (χ4v) is 8.60. The topological polar surface area (TPSA) is 160 Å². The van der Waals surface area contributed by atoms with Crippen LogP contribution >= 0.6 is 23.2 Å². The van der Waals surface area contributed by atoms with E-state index in [-0.39, 0.29) is 71.7 Å². The number of hydrogen-bond donors (Lipinski definition) is 1. The van der Waals surface area contributed by atoms with Crippen LogP contribution in [0.25, 0.3) is 10.9 Å². The van der Waals surface area contributed by atoms with Gasteiger partial charge in [-0.1, -0.05) is 41.4 Å². The van der Waals surface area contributed by atoms with Crippen LogP contribution in [-0.4, -0.2) is 102 Å². The number of sulfonamides is 1. The van der Waals surface area contributed by atoms with E-state index in [2.05, 4.69) is 15.3 Å². The van der Waals surface area contributed by atoms with E-state index in [1.807, 2.05) is 31.2 Å². The van der Waals surface area contributed by atoms with Crippen LogP contribution in [0.15, 0.2) is 52.4 Å². The molecule has 14 nitrogen and oxygen atoms in total. The Morgan fingerprint density at radius 1 is 0.907 bits per heavy atom. The predicted molar refractivity (Wildman–Crippen MR) is 205 cm³/mol. The van der Waals surface area contributed by atoms with Crippen molar-refractivity contribution in [2.24, 2.45) is 4.99 Å². The number of carbonyl (C=O) groups excluding carboxylic acids is 3. The van der Waals surface area contributed by atoms with Gasteiger partial charge in [0.1, 0.15) is 40.0 Å². The first-order valence-electron chi connectivity index (χ1n) is 17.6. The summed E-state index contributed by atoms with van der Waals surface area (Å²) in [4.78, 5) is 50.8. The van der Waals surface area contributed by atoms with Crippen LogP contribution in [0.3, 0.4) is 0 Å². The summed E-state index contributed by atoms with van der Waals surface area (Å²) in [6, 6.07) is 11.2. The molecule has 1 unspecified atom stereocenters. The summed E-state index contributed by atoms with van der Waals surface area (Å²) < 4.78 is 46.4. The minimum atomic E-state index is -4.26. The van der Waals surface area contributed by atoms with Crippen molar-refractivity contribution in [1.82, 2.24) is 24.4 Å². The van der Waals surface area contributed by atoms with Crippen LogP contribution in [0.1, 0.15) is 65.6 Å². The Hall–Kier alpha value is -4.18. The zero-order valence-corrected chi connectivity index (χ0v) is 33.8. The number of carbonyl (C=O) groups is 3. The minimum Gasteiger partial charge on any atom is -0.487 e. The number of nitrogens with zero attached hydrogens (tertiary/aromatic N) is 5. The number of nitrogens with one attached hydrogen (secondary N) is 1. The molecule has 2 aromatic carbocycles. The fourth-order valence-electron chi connectivity index (χ4n) is 6.09. The summed E-state index contributed by atoms with van der Waals surface area (Å²) in [5.74, 6) is 0.0410. The lowest BCUT2D eigenvalue weighted by molar-refractivity contribution is -0.135. The fraction of sp³-hybridized carbons (Fsp3) is 0.486. The van der Waals surface area contributed by atoms with Gasteiger partial charge < -0.3 is 24.0 Å². The first-order chi connectivity index (χ1) is 25.2. The number of halogens is 2. The number of guanidine groups is 1. The lowest BCUT2D eigenvalue weighted by Crippen LogP contribution is -2.57. The Kier molecular flexibility index (Phi) is 12.4. The molecule has 292 valence electrons. The lowest BCUT2D eigenvalue weighted by atomic mass is 10.2. The van der Waals surface area contributed by atoms with Gasteiger partial charge in [0, 0.05) is 54.4 Å². The Bertz CT molecular complexity index is 2060. The number of pyridine rings is 1. The van der Waals surface area contributed by atoms with Crippen LogP contribution in [0.5, 0.6) is 5.75 Å². The van der Waals surface area contributed by atoms with E-state index >= 15 is 0 Å². The van der Waals surface area contributed by atoms with Crippen molar-refractivity contribution in [2.75, 3.05) is 32.7 Å². The Labute approximate surface area is 325 Å². The molecule has 0 radical (unpaired) electrons. The van der Waals surface area contributed by atoms with E-state index in [0.29, 0.717) is 24.1 Å². The molecule has 54 heavy (non-hydrogen) atoms. The summed E-state index contributed by atoms with van der Waals surface area (Å²) in [5.41, 5.74) is 0.117. The number of ether oxygens (including phenoxy) is 3. The first kappa shape index (κ1) is 41.0. The van der Waals surface area contributed by atoms with E-state index in [0.717, 1.165) is 11.1 Å². The van der Waals surface area contributed by atoms with Gasteiger partial charge in [-0.3, -0.25) is 10.1 Å². The number of para-hydroxylation sites is 1. The van der Waals surface area contributed by atoms with E-state index < -0.39 is 39.5 Å². The van der Waals surface area contributed by atoms with Gasteiger partial charge >= 0.3 is 12.2 Å². The highest BCUT2D eigenvalue weighted by atomic mass is 35.5. The molecule has 3 heterocycles. The number of alkyl carbamates (subject to hydrolysis) is 1. The van der Waals surface area contributed by atoms with E-state index in [4.69, 9.17) is 37.4 Å². The molecular formula is C37H46Cl2N6O8S. The molecule has 2 aliphatic rings. The van der Waals surface area contributed by atoms with Crippen molar-refractivity contribution in [3.63, 3.8) is 0 Å². The molecule has 0 saturated carbocycles. The molecule has 5 rings (SSSR count). The number of aliphatic imine (C=N–C) groups is 1. The highest BCUT2D eigenvalue weighted by molar-refractivity contribution is 7.89. The maximum atomic E-state index is 14.2. The number of amides is 3. The monoisotopic (exact) mass is 804 g/mol. The molecule has 2 aliphatic heterocycles. The third-order valence-corrected chi connectivity index (χ3v) is 11.4. The second-order valence-corrected chi connectivity index (χ2v) is 17.7. The molecule has 1 N–H and O–H groups in total. The second-order valence-electron chi connectivity index (χ2n) is 15.0. The molecular weight excluding hydrogens is 759 g/mol. The van der Waals surface area contributed by atoms with Gasteiger partial charge in [0.15, 0.2) is 0 Å². The van der Waals surface area contributed by atoms with Gasteiger partial charge in [0.25, 0.3) is 0 Å². The zero-order valence-electron chi connectivity index (χ0n) is 31.4. The average Bonchev–Trinajstić information content (AvgIpc) is 3.57. The van der Waals surface area contributed by atoms with Crippen molar-refractivity contribution < 1.29 is 37.0 Å². The summed E-state index contributed by atoms with van der Waals surface area (Å²) in [7, 11) is -4.26. The smallest absolute Gasteiger partial charge is 0.437 e. The quantitative estimate of drug-likeness (QED) is 0.214. The van der Waals surface area contributed by atoms with Gasteiger partial charge in [0.05, 0.1) is 5.02 Å².